The van der Waals surface area contributed by atoms with Crippen LogP contribution in [0.5, 0.6) is 0 Å². The lowest BCUT2D eigenvalue weighted by molar-refractivity contribution is 0.639. The molecule has 0 saturated carbocycles. The van der Waals surface area contributed by atoms with Crippen LogP contribution >= 0.6 is 0 Å². The van der Waals surface area contributed by atoms with Crippen molar-refractivity contribution in [1.82, 2.24) is 5.32 Å². The molecule has 2 unspecified atom stereocenters. The Morgan fingerprint density at radius 1 is 1.40 bits per heavy atom. The maximum Gasteiger partial charge on any atom is 0.00629 e. The van der Waals surface area contributed by atoms with Crippen LogP contribution in [-0.2, 0) is 0 Å². The molecule has 0 aromatic heterocycles. The molecule has 15 heavy (non-hydrogen) atoms. The smallest absolute Gasteiger partial charge is 0.00629 e. The summed E-state index contributed by atoms with van der Waals surface area (Å²) in [5.41, 5.74) is 7.37. The lowest BCUT2D eigenvalue weighted by atomic mass is 10.0. The molecule has 0 heterocycles. The molecule has 0 spiro atoms. The van der Waals surface area contributed by atoms with Gasteiger partial charge in [0.2, 0.25) is 0 Å². The fourth-order valence-electron chi connectivity index (χ4n) is 1.39. The SMILES string of the molecule is C=C(N)CC(C)/C=C/CC(C)C(=C)NC. The van der Waals surface area contributed by atoms with Gasteiger partial charge in [-0.15, -0.1) is 0 Å². The summed E-state index contributed by atoms with van der Waals surface area (Å²) in [5, 5.41) is 3.07. The highest BCUT2D eigenvalue weighted by Gasteiger charge is 2.02. The van der Waals surface area contributed by atoms with Crippen molar-refractivity contribution in [2.45, 2.75) is 26.7 Å². The molecule has 2 atom stereocenters. The first kappa shape index (κ1) is 13.8. The molecule has 2 heteroatoms. The van der Waals surface area contributed by atoms with Crippen molar-refractivity contribution in [2.75, 3.05) is 7.05 Å². The molecule has 0 rings (SSSR count). The third-order valence-electron chi connectivity index (χ3n) is 2.45. The largest absolute Gasteiger partial charge is 0.402 e. The van der Waals surface area contributed by atoms with Crippen LogP contribution in [0.2, 0.25) is 0 Å². The average molecular weight is 208 g/mol. The summed E-state index contributed by atoms with van der Waals surface area (Å²) in [6.45, 7) is 11.9. The van der Waals surface area contributed by atoms with Crippen LogP contribution in [0.3, 0.4) is 0 Å². The summed E-state index contributed by atoms with van der Waals surface area (Å²) < 4.78 is 0. The fraction of sp³-hybridized carbons (Fsp3) is 0.538. The van der Waals surface area contributed by atoms with Gasteiger partial charge in [-0.3, -0.25) is 0 Å². The Hall–Kier alpha value is -1.18. The molecule has 0 radical (unpaired) electrons. The first-order valence-electron chi connectivity index (χ1n) is 5.43. The van der Waals surface area contributed by atoms with Gasteiger partial charge in [0.25, 0.3) is 0 Å². The third kappa shape index (κ3) is 6.83. The maximum absolute atomic E-state index is 5.54. The molecule has 3 N–H and O–H groups in total. The van der Waals surface area contributed by atoms with E-state index in [1.807, 2.05) is 7.05 Å². The van der Waals surface area contributed by atoms with E-state index in [-0.39, 0.29) is 0 Å². The van der Waals surface area contributed by atoms with Crippen LogP contribution < -0.4 is 11.1 Å². The maximum atomic E-state index is 5.54. The second-order valence-corrected chi connectivity index (χ2v) is 4.18. The summed E-state index contributed by atoms with van der Waals surface area (Å²) in [7, 11) is 1.91. The lowest BCUT2D eigenvalue weighted by Gasteiger charge is -2.12. The van der Waals surface area contributed by atoms with Gasteiger partial charge in [-0.2, -0.15) is 0 Å². The Morgan fingerprint density at radius 3 is 2.47 bits per heavy atom. The zero-order chi connectivity index (χ0) is 11.8. The van der Waals surface area contributed by atoms with Gasteiger partial charge in [-0.25, -0.2) is 0 Å². The van der Waals surface area contributed by atoms with Gasteiger partial charge in [0.15, 0.2) is 0 Å². The van der Waals surface area contributed by atoms with Gasteiger partial charge in [0, 0.05) is 18.4 Å². The van der Waals surface area contributed by atoms with Crippen molar-refractivity contribution < 1.29 is 0 Å². The van der Waals surface area contributed by atoms with Gasteiger partial charge in [-0.1, -0.05) is 39.2 Å². The van der Waals surface area contributed by atoms with Crippen molar-refractivity contribution in [1.29, 1.82) is 0 Å². The lowest BCUT2D eigenvalue weighted by Crippen LogP contribution is -2.11. The van der Waals surface area contributed by atoms with Crippen LogP contribution in [0.4, 0.5) is 0 Å². The van der Waals surface area contributed by atoms with E-state index in [0.717, 1.165) is 24.2 Å². The van der Waals surface area contributed by atoms with Crippen molar-refractivity contribution in [3.8, 4) is 0 Å². The average Bonchev–Trinajstić information content (AvgIpc) is 2.15. The van der Waals surface area contributed by atoms with Crippen LogP contribution in [0.15, 0.2) is 36.7 Å². The van der Waals surface area contributed by atoms with Crippen molar-refractivity contribution in [3.63, 3.8) is 0 Å². The van der Waals surface area contributed by atoms with Gasteiger partial charge >= 0.3 is 0 Å². The molecule has 86 valence electrons. The van der Waals surface area contributed by atoms with Crippen LogP contribution in [0.1, 0.15) is 26.7 Å². The Morgan fingerprint density at radius 2 is 2.00 bits per heavy atom. The number of allylic oxidation sites excluding steroid dienone is 4. The molecule has 0 amide bonds. The molecule has 0 aliphatic heterocycles. The van der Waals surface area contributed by atoms with E-state index in [9.17, 15) is 0 Å². The summed E-state index contributed by atoms with van der Waals surface area (Å²) in [6, 6.07) is 0. The molecular formula is C13H24N2. The molecular weight excluding hydrogens is 184 g/mol. The highest BCUT2D eigenvalue weighted by atomic mass is 14.8. The van der Waals surface area contributed by atoms with E-state index in [4.69, 9.17) is 5.73 Å². The van der Waals surface area contributed by atoms with Crippen molar-refractivity contribution in [3.05, 3.63) is 36.7 Å². The molecule has 2 nitrogen and oxygen atoms in total. The minimum absolute atomic E-state index is 0.470. The second kappa shape index (κ2) is 7.16. The van der Waals surface area contributed by atoms with Crippen molar-refractivity contribution >= 4 is 0 Å². The highest BCUT2D eigenvalue weighted by Crippen LogP contribution is 2.13. The monoisotopic (exact) mass is 208 g/mol. The zero-order valence-corrected chi connectivity index (χ0v) is 10.2. The van der Waals surface area contributed by atoms with E-state index in [1.165, 1.54) is 0 Å². The molecule has 0 aromatic carbocycles. The Balaban J connectivity index is 3.88. The minimum atomic E-state index is 0.470. The summed E-state index contributed by atoms with van der Waals surface area (Å²) in [5.74, 6) is 0.942. The molecule has 0 aliphatic carbocycles. The van der Waals surface area contributed by atoms with Gasteiger partial charge < -0.3 is 11.1 Å². The quantitative estimate of drug-likeness (QED) is 0.631. The normalized spacial score (nSPS) is 14.9. The van der Waals surface area contributed by atoms with Crippen molar-refractivity contribution in [2.24, 2.45) is 17.6 Å². The van der Waals surface area contributed by atoms with E-state index in [0.29, 0.717) is 11.8 Å². The molecule has 0 aromatic rings. The zero-order valence-electron chi connectivity index (χ0n) is 10.2. The topological polar surface area (TPSA) is 38.0 Å². The first-order valence-corrected chi connectivity index (χ1v) is 5.43. The predicted octanol–water partition coefficient (Wildman–Crippen LogP) is 2.80. The predicted molar refractivity (Wildman–Crippen MR) is 68.2 cm³/mol. The second-order valence-electron chi connectivity index (χ2n) is 4.18. The standard InChI is InChI=1S/C13H24N2/c1-10(9-12(3)14)7-6-8-11(2)13(4)15-5/h6-7,10-11,15H,3-4,8-9,14H2,1-2,5H3/b7-6+. The third-order valence-corrected chi connectivity index (χ3v) is 2.45. The van der Waals surface area contributed by atoms with E-state index >= 15 is 0 Å². The first-order chi connectivity index (χ1) is 6.97. The highest BCUT2D eigenvalue weighted by molar-refractivity contribution is 5.01. The summed E-state index contributed by atoms with van der Waals surface area (Å²) in [4.78, 5) is 0. The van der Waals surface area contributed by atoms with Crippen LogP contribution in [-0.4, -0.2) is 7.05 Å². The van der Waals surface area contributed by atoms with Gasteiger partial charge in [0.05, 0.1) is 0 Å². The molecule has 0 fully saturated rings. The number of rotatable bonds is 7. The Labute approximate surface area is 93.9 Å². The Bertz CT molecular complexity index is 241. The van der Waals surface area contributed by atoms with Gasteiger partial charge in [-0.05, 0) is 24.7 Å². The van der Waals surface area contributed by atoms with E-state index < -0.39 is 0 Å². The minimum Gasteiger partial charge on any atom is -0.402 e. The summed E-state index contributed by atoms with van der Waals surface area (Å²) in [6.07, 6.45) is 6.26. The van der Waals surface area contributed by atoms with Gasteiger partial charge in [0.1, 0.15) is 0 Å². The number of nitrogens with one attached hydrogen (secondary N) is 1. The summed E-state index contributed by atoms with van der Waals surface area (Å²) >= 11 is 0. The van der Waals surface area contributed by atoms with E-state index in [2.05, 4.69) is 44.5 Å². The number of hydrogen-bond donors (Lipinski definition) is 2. The Kier molecular flexibility index (Phi) is 6.59. The molecule has 0 bridgehead atoms. The number of nitrogens with two attached hydrogens (primary N) is 1. The molecule has 0 saturated heterocycles. The fourth-order valence-corrected chi connectivity index (χ4v) is 1.39. The number of hydrogen-bond acceptors (Lipinski definition) is 2. The van der Waals surface area contributed by atoms with Crippen LogP contribution in [0, 0.1) is 11.8 Å². The molecule has 0 aliphatic rings. The van der Waals surface area contributed by atoms with Crippen LogP contribution in [0.25, 0.3) is 0 Å². The van der Waals surface area contributed by atoms with E-state index in [1.54, 1.807) is 0 Å².